The van der Waals surface area contributed by atoms with Crippen LogP contribution in [-0.4, -0.2) is 11.0 Å². The van der Waals surface area contributed by atoms with Crippen LogP contribution in [0, 0.1) is 21.8 Å². The number of benzene rings is 1. The van der Waals surface area contributed by atoms with Crippen molar-refractivity contribution in [3.8, 4) is 0 Å². The zero-order chi connectivity index (χ0) is 13.1. The minimum absolute atomic E-state index is 0.194. The van der Waals surface area contributed by atoms with E-state index in [2.05, 4.69) is 12.2 Å². The summed E-state index contributed by atoms with van der Waals surface area (Å²) >= 11 is 0. The summed E-state index contributed by atoms with van der Waals surface area (Å²) in [5.41, 5.74) is -0.158. The van der Waals surface area contributed by atoms with Crippen LogP contribution in [0.3, 0.4) is 0 Å². The van der Waals surface area contributed by atoms with E-state index in [0.29, 0.717) is 11.6 Å². The minimum Gasteiger partial charge on any atom is -0.376 e. The Morgan fingerprint density at radius 3 is 2.78 bits per heavy atom. The predicted octanol–water partition coefficient (Wildman–Crippen LogP) is 3.72. The van der Waals surface area contributed by atoms with E-state index < -0.39 is 16.4 Å². The average molecular weight is 252 g/mol. The van der Waals surface area contributed by atoms with Gasteiger partial charge >= 0.3 is 5.69 Å². The van der Waals surface area contributed by atoms with Crippen molar-refractivity contribution in [1.29, 1.82) is 0 Å². The number of anilines is 1. The van der Waals surface area contributed by atoms with Crippen molar-refractivity contribution in [3.05, 3.63) is 34.1 Å². The van der Waals surface area contributed by atoms with E-state index in [0.717, 1.165) is 25.3 Å². The van der Waals surface area contributed by atoms with E-state index in [1.165, 1.54) is 12.5 Å². The van der Waals surface area contributed by atoms with Crippen LogP contribution >= 0.6 is 0 Å². The highest BCUT2D eigenvalue weighted by Crippen LogP contribution is 2.32. The number of nitro groups is 1. The lowest BCUT2D eigenvalue weighted by atomic mass is 9.86. The summed E-state index contributed by atoms with van der Waals surface area (Å²) in [4.78, 5) is 10.2. The Morgan fingerprint density at radius 1 is 1.39 bits per heavy atom. The van der Waals surface area contributed by atoms with Gasteiger partial charge in [0.2, 0.25) is 5.82 Å². The number of hydrogen-bond donors (Lipinski definition) is 1. The molecule has 1 fully saturated rings. The summed E-state index contributed by atoms with van der Waals surface area (Å²) in [6.07, 6.45) is 4.41. The SMILES string of the molecule is CC1CCCCC1Nc1cccc(F)c1[N+](=O)[O-]. The van der Waals surface area contributed by atoms with E-state index in [4.69, 9.17) is 0 Å². The van der Waals surface area contributed by atoms with Crippen LogP contribution in [0.2, 0.25) is 0 Å². The van der Waals surface area contributed by atoms with Crippen LogP contribution in [-0.2, 0) is 0 Å². The van der Waals surface area contributed by atoms with Gasteiger partial charge in [-0.25, -0.2) is 0 Å². The van der Waals surface area contributed by atoms with Crippen LogP contribution in [0.25, 0.3) is 0 Å². The molecule has 0 spiro atoms. The molecule has 5 heteroatoms. The van der Waals surface area contributed by atoms with Crippen molar-refractivity contribution in [2.24, 2.45) is 5.92 Å². The van der Waals surface area contributed by atoms with Gasteiger partial charge in [0, 0.05) is 6.04 Å². The maximum absolute atomic E-state index is 13.5. The lowest BCUT2D eigenvalue weighted by Crippen LogP contribution is -2.30. The molecule has 1 aliphatic carbocycles. The van der Waals surface area contributed by atoms with Gasteiger partial charge in [0.1, 0.15) is 5.69 Å². The lowest BCUT2D eigenvalue weighted by molar-refractivity contribution is -0.386. The number of halogens is 1. The molecule has 0 saturated heterocycles. The largest absolute Gasteiger partial charge is 0.376 e. The quantitative estimate of drug-likeness (QED) is 0.658. The molecule has 1 saturated carbocycles. The molecule has 18 heavy (non-hydrogen) atoms. The monoisotopic (exact) mass is 252 g/mol. The Bertz CT molecular complexity index is 451. The molecule has 0 amide bonds. The summed E-state index contributed by atoms with van der Waals surface area (Å²) in [5.74, 6) is -0.324. The Kier molecular flexibility index (Phi) is 3.79. The first-order chi connectivity index (χ1) is 8.59. The summed E-state index contributed by atoms with van der Waals surface area (Å²) < 4.78 is 13.5. The molecular formula is C13H17FN2O2. The number of rotatable bonds is 3. The van der Waals surface area contributed by atoms with Crippen molar-refractivity contribution in [3.63, 3.8) is 0 Å². The second-order valence-corrected chi connectivity index (χ2v) is 4.91. The molecule has 4 nitrogen and oxygen atoms in total. The van der Waals surface area contributed by atoms with Gasteiger partial charge in [0.25, 0.3) is 0 Å². The standard InChI is InChI=1S/C13H17FN2O2/c1-9-5-2-3-7-11(9)15-12-8-4-6-10(14)13(12)16(17)18/h4,6,8-9,11,15H,2-3,5,7H2,1H3. The molecule has 98 valence electrons. The zero-order valence-electron chi connectivity index (χ0n) is 10.4. The first kappa shape index (κ1) is 12.8. The number of nitrogens with one attached hydrogen (secondary N) is 1. The highest BCUT2D eigenvalue weighted by molar-refractivity contribution is 5.62. The average Bonchev–Trinajstić information content (AvgIpc) is 2.31. The van der Waals surface area contributed by atoms with Gasteiger partial charge in [-0.2, -0.15) is 4.39 Å². The van der Waals surface area contributed by atoms with Gasteiger partial charge in [-0.3, -0.25) is 10.1 Å². The zero-order valence-corrected chi connectivity index (χ0v) is 10.4. The third-order valence-electron chi connectivity index (χ3n) is 3.62. The second kappa shape index (κ2) is 5.33. The molecule has 1 N–H and O–H groups in total. The van der Waals surface area contributed by atoms with Crippen LogP contribution in [0.5, 0.6) is 0 Å². The van der Waals surface area contributed by atoms with Crippen LogP contribution < -0.4 is 5.32 Å². The molecular weight excluding hydrogens is 235 g/mol. The highest BCUT2D eigenvalue weighted by Gasteiger charge is 2.25. The number of hydrogen-bond acceptors (Lipinski definition) is 3. The molecule has 2 atom stereocenters. The summed E-state index contributed by atoms with van der Waals surface area (Å²) in [6.45, 7) is 2.13. The number of para-hydroxylation sites is 1. The van der Waals surface area contributed by atoms with Crippen molar-refractivity contribution in [1.82, 2.24) is 0 Å². The number of nitrogens with zero attached hydrogens (tertiary/aromatic N) is 1. The second-order valence-electron chi connectivity index (χ2n) is 4.91. The summed E-state index contributed by atoms with van der Waals surface area (Å²) in [5, 5.41) is 14.0. The van der Waals surface area contributed by atoms with Gasteiger partial charge < -0.3 is 5.32 Å². The van der Waals surface area contributed by atoms with Gasteiger partial charge in [0.15, 0.2) is 0 Å². The Morgan fingerprint density at radius 2 is 2.11 bits per heavy atom. The van der Waals surface area contributed by atoms with Gasteiger partial charge in [-0.15, -0.1) is 0 Å². The summed E-state index contributed by atoms with van der Waals surface area (Å²) in [7, 11) is 0. The molecule has 0 aromatic heterocycles. The van der Waals surface area contributed by atoms with E-state index in [-0.39, 0.29) is 6.04 Å². The van der Waals surface area contributed by atoms with E-state index in [1.54, 1.807) is 6.07 Å². The molecule has 1 aromatic rings. The van der Waals surface area contributed by atoms with Crippen molar-refractivity contribution in [2.75, 3.05) is 5.32 Å². The van der Waals surface area contributed by atoms with Gasteiger partial charge in [-0.1, -0.05) is 25.8 Å². The van der Waals surface area contributed by atoms with E-state index in [9.17, 15) is 14.5 Å². The fraction of sp³-hybridized carbons (Fsp3) is 0.538. The third kappa shape index (κ3) is 2.60. The normalized spacial score (nSPS) is 23.7. The lowest BCUT2D eigenvalue weighted by Gasteiger charge is -2.30. The van der Waals surface area contributed by atoms with Crippen LogP contribution in [0.4, 0.5) is 15.8 Å². The predicted molar refractivity (Wildman–Crippen MR) is 68.1 cm³/mol. The van der Waals surface area contributed by atoms with Crippen molar-refractivity contribution >= 4 is 11.4 Å². The first-order valence-electron chi connectivity index (χ1n) is 6.29. The molecule has 2 rings (SSSR count). The van der Waals surface area contributed by atoms with E-state index >= 15 is 0 Å². The maximum atomic E-state index is 13.5. The van der Waals surface area contributed by atoms with Gasteiger partial charge in [-0.05, 0) is 30.9 Å². The smallest absolute Gasteiger partial charge is 0.327 e. The number of nitro benzene ring substituents is 1. The Labute approximate surface area is 105 Å². The third-order valence-corrected chi connectivity index (χ3v) is 3.62. The molecule has 0 radical (unpaired) electrons. The molecule has 2 unspecified atom stereocenters. The van der Waals surface area contributed by atoms with Gasteiger partial charge in [0.05, 0.1) is 4.92 Å². The molecule has 0 bridgehead atoms. The Balaban J connectivity index is 2.23. The fourth-order valence-corrected chi connectivity index (χ4v) is 2.55. The van der Waals surface area contributed by atoms with Crippen molar-refractivity contribution < 1.29 is 9.31 Å². The molecule has 1 aliphatic rings. The van der Waals surface area contributed by atoms with E-state index in [1.807, 2.05) is 0 Å². The maximum Gasteiger partial charge on any atom is 0.327 e. The molecule has 0 heterocycles. The van der Waals surface area contributed by atoms with Crippen LogP contribution in [0.1, 0.15) is 32.6 Å². The minimum atomic E-state index is -0.784. The topological polar surface area (TPSA) is 55.2 Å². The Hall–Kier alpha value is -1.65. The summed E-state index contributed by atoms with van der Waals surface area (Å²) in [6, 6.07) is 4.38. The van der Waals surface area contributed by atoms with Crippen molar-refractivity contribution in [2.45, 2.75) is 38.6 Å². The van der Waals surface area contributed by atoms with Crippen LogP contribution in [0.15, 0.2) is 18.2 Å². The highest BCUT2D eigenvalue weighted by atomic mass is 19.1. The first-order valence-corrected chi connectivity index (χ1v) is 6.29. The fourth-order valence-electron chi connectivity index (χ4n) is 2.55. The molecule has 0 aliphatic heterocycles. The molecule has 1 aromatic carbocycles.